The summed E-state index contributed by atoms with van der Waals surface area (Å²) in [4.78, 5) is 0. The third-order valence-electron chi connectivity index (χ3n) is 4.57. The Labute approximate surface area is 155 Å². The van der Waals surface area contributed by atoms with Crippen LogP contribution in [0, 0.1) is 16.7 Å². The van der Waals surface area contributed by atoms with Crippen molar-refractivity contribution in [1.82, 2.24) is 5.16 Å². The monoisotopic (exact) mass is 359 g/mol. The highest BCUT2D eigenvalue weighted by atomic mass is 16.5. The second-order valence-corrected chi connectivity index (χ2v) is 6.29. The molecule has 134 valence electrons. The van der Waals surface area contributed by atoms with Crippen molar-refractivity contribution < 1.29 is 9.26 Å². The van der Waals surface area contributed by atoms with E-state index in [1.165, 1.54) is 12.5 Å². The number of nitrogens with one attached hydrogen (secondary N) is 2. The van der Waals surface area contributed by atoms with Gasteiger partial charge in [-0.2, -0.15) is 5.26 Å². The lowest BCUT2D eigenvalue weighted by atomic mass is 9.98. The molecule has 1 aromatic heterocycles. The van der Waals surface area contributed by atoms with Gasteiger partial charge in [0.15, 0.2) is 0 Å². The van der Waals surface area contributed by atoms with Crippen LogP contribution in [0.1, 0.15) is 34.7 Å². The summed E-state index contributed by atoms with van der Waals surface area (Å²) in [6.07, 6.45) is 3.70. The highest BCUT2D eigenvalue weighted by Gasteiger charge is 2.22. The molecule has 1 atom stereocenters. The zero-order valence-corrected chi connectivity index (χ0v) is 14.4. The Morgan fingerprint density at radius 1 is 1.30 bits per heavy atom. The molecule has 0 bridgehead atoms. The number of fused-ring (bicyclic) bond motifs is 1. The van der Waals surface area contributed by atoms with Crippen LogP contribution in [0.25, 0.3) is 0 Å². The Kier molecular flexibility index (Phi) is 4.22. The SMILES string of the molecule is N#Cc1ccc2c(c1)OCCC2Nc1ccc(N)c(C(=N)c2cnoc2)c1. The van der Waals surface area contributed by atoms with E-state index in [9.17, 15) is 0 Å². The molecule has 0 fully saturated rings. The largest absolute Gasteiger partial charge is 0.493 e. The summed E-state index contributed by atoms with van der Waals surface area (Å²) in [5, 5.41) is 24.5. The lowest BCUT2D eigenvalue weighted by molar-refractivity contribution is 0.274. The number of rotatable bonds is 4. The number of aromatic nitrogens is 1. The summed E-state index contributed by atoms with van der Waals surface area (Å²) < 4.78 is 10.5. The van der Waals surface area contributed by atoms with Gasteiger partial charge in [0, 0.05) is 28.9 Å². The van der Waals surface area contributed by atoms with E-state index in [0.717, 1.165) is 23.4 Å². The first-order valence-electron chi connectivity index (χ1n) is 8.47. The van der Waals surface area contributed by atoms with Gasteiger partial charge < -0.3 is 20.3 Å². The molecule has 1 aliphatic heterocycles. The van der Waals surface area contributed by atoms with Gasteiger partial charge in [-0.3, -0.25) is 5.41 Å². The third-order valence-corrected chi connectivity index (χ3v) is 4.57. The second-order valence-electron chi connectivity index (χ2n) is 6.29. The van der Waals surface area contributed by atoms with Crippen molar-refractivity contribution in [2.45, 2.75) is 12.5 Å². The first kappa shape index (κ1) is 16.7. The van der Waals surface area contributed by atoms with Gasteiger partial charge in [0.2, 0.25) is 0 Å². The molecule has 2 aromatic carbocycles. The second kappa shape index (κ2) is 6.84. The molecule has 0 radical (unpaired) electrons. The highest BCUT2D eigenvalue weighted by molar-refractivity contribution is 6.13. The molecule has 1 aliphatic rings. The number of ether oxygens (including phenoxy) is 1. The van der Waals surface area contributed by atoms with E-state index in [2.05, 4.69) is 16.5 Å². The van der Waals surface area contributed by atoms with Gasteiger partial charge >= 0.3 is 0 Å². The topological polar surface area (TPSA) is 121 Å². The molecule has 4 rings (SSSR count). The van der Waals surface area contributed by atoms with Crippen LogP contribution in [-0.4, -0.2) is 17.5 Å². The summed E-state index contributed by atoms with van der Waals surface area (Å²) >= 11 is 0. The molecule has 3 aromatic rings. The van der Waals surface area contributed by atoms with Crippen molar-refractivity contribution >= 4 is 17.1 Å². The van der Waals surface area contributed by atoms with Crippen molar-refractivity contribution in [3.05, 3.63) is 71.1 Å². The van der Waals surface area contributed by atoms with Gasteiger partial charge in [-0.05, 0) is 30.3 Å². The minimum atomic E-state index is 0.0442. The highest BCUT2D eigenvalue weighted by Crippen LogP contribution is 2.35. The summed E-state index contributed by atoms with van der Waals surface area (Å²) in [7, 11) is 0. The average molecular weight is 359 g/mol. The lowest BCUT2D eigenvalue weighted by Crippen LogP contribution is -2.20. The molecule has 7 nitrogen and oxygen atoms in total. The fourth-order valence-electron chi connectivity index (χ4n) is 3.16. The number of nitriles is 1. The van der Waals surface area contributed by atoms with Gasteiger partial charge in [-0.15, -0.1) is 0 Å². The maximum atomic E-state index is 9.06. The molecule has 0 saturated carbocycles. The van der Waals surface area contributed by atoms with Gasteiger partial charge in [-0.25, -0.2) is 0 Å². The fourth-order valence-corrected chi connectivity index (χ4v) is 3.16. The van der Waals surface area contributed by atoms with Gasteiger partial charge in [-0.1, -0.05) is 11.2 Å². The quantitative estimate of drug-likeness (QED) is 0.484. The molecule has 27 heavy (non-hydrogen) atoms. The predicted octanol–water partition coefficient (Wildman–Crippen LogP) is 3.48. The summed E-state index contributed by atoms with van der Waals surface area (Å²) in [6, 6.07) is 13.2. The standard InChI is InChI=1S/C20H17N5O2/c21-9-12-1-3-15-18(5-6-26-19(15)7-12)25-14-2-4-17(22)16(8-14)20(23)13-10-24-27-11-13/h1-4,7-8,10-11,18,23,25H,5-6,22H2. The van der Waals surface area contributed by atoms with Crippen molar-refractivity contribution in [2.75, 3.05) is 17.7 Å². The van der Waals surface area contributed by atoms with Crippen LogP contribution in [0.5, 0.6) is 5.75 Å². The molecule has 0 amide bonds. The molecule has 0 saturated heterocycles. The van der Waals surface area contributed by atoms with Gasteiger partial charge in [0.05, 0.1) is 41.8 Å². The van der Waals surface area contributed by atoms with E-state index >= 15 is 0 Å². The molecule has 0 aliphatic carbocycles. The minimum Gasteiger partial charge on any atom is -0.493 e. The zero-order chi connectivity index (χ0) is 18.8. The van der Waals surface area contributed by atoms with Crippen LogP contribution in [0.2, 0.25) is 0 Å². The van der Waals surface area contributed by atoms with Crippen LogP contribution >= 0.6 is 0 Å². The molecule has 2 heterocycles. The molecule has 4 N–H and O–H groups in total. The Morgan fingerprint density at radius 3 is 2.96 bits per heavy atom. The van der Waals surface area contributed by atoms with E-state index in [0.29, 0.717) is 29.0 Å². The first-order chi connectivity index (χ1) is 13.2. The van der Waals surface area contributed by atoms with Crippen LogP contribution in [-0.2, 0) is 0 Å². The normalized spacial score (nSPS) is 15.3. The van der Waals surface area contributed by atoms with Crippen LogP contribution in [0.15, 0.2) is 53.4 Å². The Morgan fingerprint density at radius 2 is 2.19 bits per heavy atom. The lowest BCUT2D eigenvalue weighted by Gasteiger charge is -2.28. The predicted molar refractivity (Wildman–Crippen MR) is 101 cm³/mol. The molecule has 7 heteroatoms. The zero-order valence-electron chi connectivity index (χ0n) is 14.4. The van der Waals surface area contributed by atoms with E-state index in [-0.39, 0.29) is 11.8 Å². The van der Waals surface area contributed by atoms with Crippen LogP contribution in [0.4, 0.5) is 11.4 Å². The number of nitrogens with zero attached hydrogens (tertiary/aromatic N) is 2. The molecule has 0 spiro atoms. The average Bonchev–Trinajstić information content (AvgIpc) is 3.23. The van der Waals surface area contributed by atoms with Crippen molar-refractivity contribution in [2.24, 2.45) is 0 Å². The number of hydrogen-bond acceptors (Lipinski definition) is 7. The van der Waals surface area contributed by atoms with Crippen molar-refractivity contribution in [3.8, 4) is 11.8 Å². The molecular formula is C20H17N5O2. The Hall–Kier alpha value is -3.79. The first-order valence-corrected chi connectivity index (χ1v) is 8.47. The van der Waals surface area contributed by atoms with Crippen molar-refractivity contribution in [1.29, 1.82) is 10.7 Å². The molecule has 1 unspecified atom stereocenters. The van der Waals surface area contributed by atoms with Gasteiger partial charge in [0.25, 0.3) is 0 Å². The van der Waals surface area contributed by atoms with Crippen molar-refractivity contribution in [3.63, 3.8) is 0 Å². The molecular weight excluding hydrogens is 342 g/mol. The maximum Gasteiger partial charge on any atom is 0.133 e. The fraction of sp³-hybridized carbons (Fsp3) is 0.150. The van der Waals surface area contributed by atoms with E-state index < -0.39 is 0 Å². The maximum absolute atomic E-state index is 9.06. The number of anilines is 2. The summed E-state index contributed by atoms with van der Waals surface area (Å²) in [6.45, 7) is 0.567. The van der Waals surface area contributed by atoms with Crippen LogP contribution in [0.3, 0.4) is 0 Å². The van der Waals surface area contributed by atoms with Gasteiger partial charge in [0.1, 0.15) is 12.0 Å². The third kappa shape index (κ3) is 3.20. The smallest absolute Gasteiger partial charge is 0.133 e. The number of nitrogen functional groups attached to an aromatic ring is 1. The van der Waals surface area contributed by atoms with E-state index in [1.54, 1.807) is 18.2 Å². The number of nitrogens with two attached hydrogens (primary N) is 1. The number of benzene rings is 2. The van der Waals surface area contributed by atoms with Crippen LogP contribution < -0.4 is 15.8 Å². The summed E-state index contributed by atoms with van der Waals surface area (Å²) in [5.74, 6) is 0.727. The summed E-state index contributed by atoms with van der Waals surface area (Å²) in [5.41, 5.74) is 10.4. The van der Waals surface area contributed by atoms with E-state index in [4.69, 9.17) is 25.7 Å². The Bertz CT molecular complexity index is 1040. The Balaban J connectivity index is 1.62. The van der Waals surface area contributed by atoms with E-state index in [1.807, 2.05) is 18.2 Å². The minimum absolute atomic E-state index is 0.0442. The number of hydrogen-bond donors (Lipinski definition) is 3.